The van der Waals surface area contributed by atoms with Crippen LogP contribution < -0.4 is 4.74 Å². The maximum atomic E-state index is 12.5. The quantitative estimate of drug-likeness (QED) is 0.788. The van der Waals surface area contributed by atoms with E-state index in [0.717, 1.165) is 4.47 Å². The van der Waals surface area contributed by atoms with Crippen molar-refractivity contribution in [3.05, 3.63) is 28.2 Å². The van der Waals surface area contributed by atoms with Crippen LogP contribution in [0.4, 0.5) is 0 Å². The Morgan fingerprint density at radius 2 is 2.42 bits per heavy atom. The third kappa shape index (κ3) is 3.41. The second kappa shape index (κ2) is 6.59. The van der Waals surface area contributed by atoms with Gasteiger partial charge in [0, 0.05) is 17.6 Å². The molecule has 104 valence electrons. The van der Waals surface area contributed by atoms with E-state index < -0.39 is 0 Å². The minimum atomic E-state index is -0.0995. The summed E-state index contributed by atoms with van der Waals surface area (Å²) in [6.45, 7) is 1.60. The summed E-state index contributed by atoms with van der Waals surface area (Å²) in [5, 5.41) is 0. The lowest BCUT2D eigenvalue weighted by Gasteiger charge is -2.32. The van der Waals surface area contributed by atoms with Crippen molar-refractivity contribution in [3.8, 4) is 5.75 Å². The number of hydrogen-bond acceptors (Lipinski definition) is 3. The van der Waals surface area contributed by atoms with Gasteiger partial charge >= 0.3 is 0 Å². The molecule has 1 aliphatic heterocycles. The standard InChI is InChI=1S/C13H15BrClNO3/c1-18-12-3-2-9(14)6-11(12)13(17)16-4-5-19-10(7-15)8-16/h2-3,6,10H,4-5,7-8H2,1H3. The molecule has 1 unspecified atom stereocenters. The van der Waals surface area contributed by atoms with Crippen molar-refractivity contribution in [2.45, 2.75) is 6.10 Å². The first-order valence-corrected chi connectivity index (χ1v) is 7.29. The molecule has 1 aromatic rings. The highest BCUT2D eigenvalue weighted by Gasteiger charge is 2.26. The van der Waals surface area contributed by atoms with E-state index in [1.807, 2.05) is 6.07 Å². The Kier molecular flexibility index (Phi) is 5.07. The van der Waals surface area contributed by atoms with Gasteiger partial charge in [0.05, 0.1) is 31.3 Å². The van der Waals surface area contributed by atoms with E-state index in [9.17, 15) is 4.79 Å². The lowest BCUT2D eigenvalue weighted by Crippen LogP contribution is -2.46. The number of carbonyl (C=O) groups is 1. The van der Waals surface area contributed by atoms with Crippen LogP contribution in [0.2, 0.25) is 0 Å². The summed E-state index contributed by atoms with van der Waals surface area (Å²) in [5.41, 5.74) is 0.548. The number of hydrogen-bond donors (Lipinski definition) is 0. The van der Waals surface area contributed by atoms with Gasteiger partial charge in [-0.3, -0.25) is 4.79 Å². The topological polar surface area (TPSA) is 38.8 Å². The van der Waals surface area contributed by atoms with Crippen LogP contribution in [0.5, 0.6) is 5.75 Å². The van der Waals surface area contributed by atoms with Crippen LogP contribution in [-0.2, 0) is 4.74 Å². The first kappa shape index (κ1) is 14.6. The summed E-state index contributed by atoms with van der Waals surface area (Å²) in [5.74, 6) is 0.901. The third-order valence-electron chi connectivity index (χ3n) is 2.99. The molecule has 1 heterocycles. The summed E-state index contributed by atoms with van der Waals surface area (Å²) in [4.78, 5) is 14.3. The van der Waals surface area contributed by atoms with Crippen molar-refractivity contribution >= 4 is 33.4 Å². The normalized spacial score (nSPS) is 19.3. The van der Waals surface area contributed by atoms with Crippen molar-refractivity contribution in [1.82, 2.24) is 4.90 Å². The van der Waals surface area contributed by atoms with E-state index in [2.05, 4.69) is 15.9 Å². The minimum Gasteiger partial charge on any atom is -0.496 e. The molecule has 0 saturated carbocycles. The number of halogens is 2. The summed E-state index contributed by atoms with van der Waals surface area (Å²) in [7, 11) is 1.56. The van der Waals surface area contributed by atoms with Crippen molar-refractivity contribution in [2.24, 2.45) is 0 Å². The molecule has 4 nitrogen and oxygen atoms in total. The number of alkyl halides is 1. The lowest BCUT2D eigenvalue weighted by molar-refractivity contribution is -0.0109. The number of carbonyl (C=O) groups excluding carboxylic acids is 1. The van der Waals surface area contributed by atoms with Crippen LogP contribution in [-0.4, -0.2) is 49.6 Å². The predicted molar refractivity (Wildman–Crippen MR) is 77.1 cm³/mol. The number of ether oxygens (including phenoxy) is 2. The monoisotopic (exact) mass is 347 g/mol. The molecule has 0 aliphatic carbocycles. The second-order valence-electron chi connectivity index (χ2n) is 4.24. The average molecular weight is 349 g/mol. The third-order valence-corrected chi connectivity index (χ3v) is 3.83. The van der Waals surface area contributed by atoms with Crippen molar-refractivity contribution in [1.29, 1.82) is 0 Å². The van der Waals surface area contributed by atoms with Gasteiger partial charge in [0.15, 0.2) is 0 Å². The molecule has 0 bridgehead atoms. The second-order valence-corrected chi connectivity index (χ2v) is 5.47. The van der Waals surface area contributed by atoms with Gasteiger partial charge in [-0.05, 0) is 18.2 Å². The maximum absolute atomic E-state index is 12.5. The van der Waals surface area contributed by atoms with E-state index in [1.54, 1.807) is 24.1 Å². The van der Waals surface area contributed by atoms with E-state index in [1.165, 1.54) is 0 Å². The number of morpholine rings is 1. The minimum absolute atomic E-state index is 0.0587. The van der Waals surface area contributed by atoms with E-state index >= 15 is 0 Å². The van der Waals surface area contributed by atoms with Crippen LogP contribution in [0, 0.1) is 0 Å². The van der Waals surface area contributed by atoms with Crippen LogP contribution >= 0.6 is 27.5 Å². The van der Waals surface area contributed by atoms with Gasteiger partial charge < -0.3 is 14.4 Å². The van der Waals surface area contributed by atoms with Gasteiger partial charge in [0.25, 0.3) is 5.91 Å². The van der Waals surface area contributed by atoms with E-state index in [0.29, 0.717) is 36.9 Å². The van der Waals surface area contributed by atoms with Crippen molar-refractivity contribution in [2.75, 3.05) is 32.7 Å². The Bertz CT molecular complexity index is 469. The number of benzene rings is 1. The zero-order chi connectivity index (χ0) is 13.8. The van der Waals surface area contributed by atoms with Gasteiger partial charge in [-0.25, -0.2) is 0 Å². The lowest BCUT2D eigenvalue weighted by atomic mass is 10.1. The number of methoxy groups -OCH3 is 1. The van der Waals surface area contributed by atoms with Gasteiger partial charge in [0.1, 0.15) is 5.75 Å². The molecule has 2 rings (SSSR count). The van der Waals surface area contributed by atoms with Gasteiger partial charge in [-0.2, -0.15) is 0 Å². The Morgan fingerprint density at radius 1 is 1.63 bits per heavy atom. The zero-order valence-corrected chi connectivity index (χ0v) is 12.9. The molecule has 1 aliphatic rings. The average Bonchev–Trinajstić information content (AvgIpc) is 2.46. The fourth-order valence-corrected chi connectivity index (χ4v) is 2.56. The molecule has 0 radical (unpaired) electrons. The molecule has 19 heavy (non-hydrogen) atoms. The summed E-state index contributed by atoms with van der Waals surface area (Å²) >= 11 is 9.16. The molecule has 0 aromatic heterocycles. The van der Waals surface area contributed by atoms with Crippen molar-refractivity contribution < 1.29 is 14.3 Å². The van der Waals surface area contributed by atoms with Crippen molar-refractivity contribution in [3.63, 3.8) is 0 Å². The highest BCUT2D eigenvalue weighted by molar-refractivity contribution is 9.10. The van der Waals surface area contributed by atoms with E-state index in [4.69, 9.17) is 21.1 Å². The fourth-order valence-electron chi connectivity index (χ4n) is 2.01. The maximum Gasteiger partial charge on any atom is 0.257 e. The molecule has 0 N–H and O–H groups in total. The molecule has 6 heteroatoms. The first-order valence-electron chi connectivity index (χ1n) is 5.96. The molecular weight excluding hydrogens is 334 g/mol. The summed E-state index contributed by atoms with van der Waals surface area (Å²) in [6, 6.07) is 5.39. The molecule has 1 atom stereocenters. The highest BCUT2D eigenvalue weighted by Crippen LogP contribution is 2.25. The number of rotatable bonds is 3. The van der Waals surface area contributed by atoms with Gasteiger partial charge in [0.2, 0.25) is 0 Å². The Hall–Kier alpha value is -0.780. The van der Waals surface area contributed by atoms with Crippen LogP contribution in [0.15, 0.2) is 22.7 Å². The molecule has 1 saturated heterocycles. The summed E-state index contributed by atoms with van der Waals surface area (Å²) in [6.07, 6.45) is -0.0995. The Labute approximate surface area is 125 Å². The largest absolute Gasteiger partial charge is 0.496 e. The Balaban J connectivity index is 2.21. The number of nitrogens with zero attached hydrogens (tertiary/aromatic N) is 1. The highest BCUT2D eigenvalue weighted by atomic mass is 79.9. The van der Waals surface area contributed by atoms with Crippen LogP contribution in [0.1, 0.15) is 10.4 Å². The molecular formula is C13H15BrClNO3. The van der Waals surface area contributed by atoms with Gasteiger partial charge in [-0.15, -0.1) is 11.6 Å². The molecule has 1 fully saturated rings. The SMILES string of the molecule is COc1ccc(Br)cc1C(=O)N1CCOC(CCl)C1. The summed E-state index contributed by atoms with van der Waals surface area (Å²) < 4.78 is 11.5. The molecule has 1 aromatic carbocycles. The Morgan fingerprint density at radius 3 is 3.11 bits per heavy atom. The molecule has 1 amide bonds. The fraction of sp³-hybridized carbons (Fsp3) is 0.462. The van der Waals surface area contributed by atoms with Gasteiger partial charge in [-0.1, -0.05) is 15.9 Å². The predicted octanol–water partition coefficient (Wildman–Crippen LogP) is 2.54. The zero-order valence-electron chi connectivity index (χ0n) is 10.6. The first-order chi connectivity index (χ1) is 9.15. The smallest absolute Gasteiger partial charge is 0.257 e. The van der Waals surface area contributed by atoms with Crippen LogP contribution in [0.25, 0.3) is 0 Å². The molecule has 0 spiro atoms. The number of amides is 1. The van der Waals surface area contributed by atoms with Crippen LogP contribution in [0.3, 0.4) is 0 Å². The van der Waals surface area contributed by atoms with E-state index in [-0.39, 0.29) is 12.0 Å².